The fourth-order valence-corrected chi connectivity index (χ4v) is 3.91. The molecular formula is C25H29F4NO3. The Hall–Kier alpha value is -2.90. The average Bonchev–Trinajstić information content (AvgIpc) is 2.73. The molecule has 0 atom stereocenters. The fraction of sp³-hybridized carbons (Fsp3) is 0.440. The first-order valence-electron chi connectivity index (χ1n) is 10.8. The number of aliphatic carboxylic acids is 1. The number of alkyl halides is 3. The molecule has 2 aromatic carbocycles. The molecule has 0 saturated heterocycles. The Morgan fingerprint density at radius 2 is 1.70 bits per heavy atom. The van der Waals surface area contributed by atoms with Gasteiger partial charge in [0.2, 0.25) is 5.91 Å². The highest BCUT2D eigenvalue weighted by Gasteiger charge is 2.38. The third-order valence-corrected chi connectivity index (χ3v) is 6.03. The van der Waals surface area contributed by atoms with Gasteiger partial charge in [-0.15, -0.1) is 0 Å². The Bertz CT molecular complexity index is 976. The second kappa shape index (κ2) is 10.8. The highest BCUT2D eigenvalue weighted by atomic mass is 19.4. The monoisotopic (exact) mass is 467 g/mol. The minimum Gasteiger partial charge on any atom is -0.475 e. The van der Waals surface area contributed by atoms with E-state index in [9.17, 15) is 22.4 Å². The predicted molar refractivity (Wildman–Crippen MR) is 118 cm³/mol. The normalized spacial score (nSPS) is 15.9. The quantitative estimate of drug-likeness (QED) is 0.501. The molecule has 2 aromatic rings. The number of benzene rings is 2. The summed E-state index contributed by atoms with van der Waals surface area (Å²) in [5.41, 5.74) is 8.44. The average molecular weight is 468 g/mol. The minimum absolute atomic E-state index is 0.242. The second-order valence-electron chi connectivity index (χ2n) is 9.21. The van der Waals surface area contributed by atoms with E-state index in [1.165, 1.54) is 25.7 Å². The van der Waals surface area contributed by atoms with Crippen molar-refractivity contribution < 1.29 is 32.3 Å². The molecule has 1 aliphatic carbocycles. The number of rotatable bonds is 5. The summed E-state index contributed by atoms with van der Waals surface area (Å²) >= 11 is 0. The van der Waals surface area contributed by atoms with Crippen molar-refractivity contribution in [1.29, 1.82) is 0 Å². The molecule has 0 spiro atoms. The van der Waals surface area contributed by atoms with Gasteiger partial charge < -0.3 is 10.8 Å². The van der Waals surface area contributed by atoms with E-state index >= 15 is 0 Å². The highest BCUT2D eigenvalue weighted by molar-refractivity contribution is 5.94. The fourth-order valence-electron chi connectivity index (χ4n) is 3.91. The van der Waals surface area contributed by atoms with Gasteiger partial charge in [0.1, 0.15) is 5.82 Å². The number of halogens is 4. The molecule has 1 fully saturated rings. The lowest BCUT2D eigenvalue weighted by Gasteiger charge is -2.34. The maximum Gasteiger partial charge on any atom is 0.490 e. The van der Waals surface area contributed by atoms with Gasteiger partial charge in [-0.1, -0.05) is 38.1 Å². The Morgan fingerprint density at radius 1 is 1.09 bits per heavy atom. The first-order chi connectivity index (χ1) is 15.3. The standard InChI is InChI=1S/C23H28FNO.C2HF3O2/c1-23(2)12-10-16(11-13-23)6-7-17-8-9-20(21(24)14-17)18-4-3-5-19(15-18)22(25)26;3-2(4,5)1(6)7/h3-5,8-9,14-16H,6-7,10-13H2,1-2H3,(H2,25,26);(H,6,7). The molecule has 4 nitrogen and oxygen atoms in total. The number of carbonyl (C=O) groups excluding carboxylic acids is 1. The van der Waals surface area contributed by atoms with E-state index in [1.54, 1.807) is 30.3 Å². The van der Waals surface area contributed by atoms with Crippen LogP contribution in [0.1, 0.15) is 61.9 Å². The van der Waals surface area contributed by atoms with Crippen LogP contribution in [-0.2, 0) is 11.2 Å². The van der Waals surface area contributed by atoms with Gasteiger partial charge in [0, 0.05) is 11.1 Å². The van der Waals surface area contributed by atoms with Gasteiger partial charge in [0.15, 0.2) is 0 Å². The molecule has 0 aromatic heterocycles. The van der Waals surface area contributed by atoms with Crippen molar-refractivity contribution in [3.05, 3.63) is 59.4 Å². The molecular weight excluding hydrogens is 438 g/mol. The van der Waals surface area contributed by atoms with Crippen LogP contribution in [0.15, 0.2) is 42.5 Å². The van der Waals surface area contributed by atoms with Gasteiger partial charge in [-0.25, -0.2) is 9.18 Å². The van der Waals surface area contributed by atoms with Crippen molar-refractivity contribution >= 4 is 11.9 Å². The summed E-state index contributed by atoms with van der Waals surface area (Å²) in [7, 11) is 0. The summed E-state index contributed by atoms with van der Waals surface area (Å²) in [6.07, 6.45) is 2.12. The molecule has 33 heavy (non-hydrogen) atoms. The van der Waals surface area contributed by atoms with E-state index in [-0.39, 0.29) is 5.82 Å². The van der Waals surface area contributed by atoms with Gasteiger partial charge in [0.05, 0.1) is 0 Å². The first kappa shape index (κ1) is 26.4. The summed E-state index contributed by atoms with van der Waals surface area (Å²) in [5, 5.41) is 7.12. The van der Waals surface area contributed by atoms with Crippen LogP contribution >= 0.6 is 0 Å². The van der Waals surface area contributed by atoms with Crippen LogP contribution in [0, 0.1) is 17.2 Å². The highest BCUT2D eigenvalue weighted by Crippen LogP contribution is 2.39. The number of carbonyl (C=O) groups is 2. The van der Waals surface area contributed by atoms with Crippen molar-refractivity contribution in [3.8, 4) is 11.1 Å². The third-order valence-electron chi connectivity index (χ3n) is 6.03. The molecule has 1 saturated carbocycles. The minimum atomic E-state index is -5.08. The lowest BCUT2D eigenvalue weighted by atomic mass is 9.72. The van der Waals surface area contributed by atoms with Crippen LogP contribution < -0.4 is 5.73 Å². The van der Waals surface area contributed by atoms with E-state index in [4.69, 9.17) is 15.6 Å². The summed E-state index contributed by atoms with van der Waals surface area (Å²) in [6.45, 7) is 4.70. The third kappa shape index (κ3) is 8.18. The Labute approximate surface area is 190 Å². The van der Waals surface area contributed by atoms with Crippen LogP contribution in [-0.4, -0.2) is 23.2 Å². The molecule has 8 heteroatoms. The van der Waals surface area contributed by atoms with Gasteiger partial charge >= 0.3 is 12.1 Å². The Balaban J connectivity index is 0.000000479. The first-order valence-corrected chi connectivity index (χ1v) is 10.8. The number of carboxylic acids is 1. The Morgan fingerprint density at radius 3 is 2.21 bits per heavy atom. The topological polar surface area (TPSA) is 80.4 Å². The zero-order valence-corrected chi connectivity index (χ0v) is 18.7. The number of hydrogen-bond donors (Lipinski definition) is 2. The molecule has 0 bridgehead atoms. The van der Waals surface area contributed by atoms with E-state index in [0.29, 0.717) is 22.1 Å². The predicted octanol–water partition coefficient (Wildman–Crippen LogP) is 6.37. The second-order valence-corrected chi connectivity index (χ2v) is 9.21. The van der Waals surface area contributed by atoms with E-state index in [2.05, 4.69) is 13.8 Å². The van der Waals surface area contributed by atoms with Crippen molar-refractivity contribution in [2.24, 2.45) is 17.1 Å². The number of carboxylic acid groups (broad SMARTS) is 1. The molecule has 0 aliphatic heterocycles. The lowest BCUT2D eigenvalue weighted by molar-refractivity contribution is -0.192. The van der Waals surface area contributed by atoms with Crippen LogP contribution in [0.4, 0.5) is 17.6 Å². The van der Waals surface area contributed by atoms with Crippen LogP contribution in [0.2, 0.25) is 0 Å². The molecule has 3 N–H and O–H groups in total. The molecule has 0 radical (unpaired) electrons. The number of primary amides is 1. The van der Waals surface area contributed by atoms with Crippen molar-refractivity contribution in [2.45, 2.75) is 58.5 Å². The van der Waals surface area contributed by atoms with Crippen LogP contribution in [0.25, 0.3) is 11.1 Å². The maximum absolute atomic E-state index is 14.6. The summed E-state index contributed by atoms with van der Waals surface area (Å²) in [5.74, 6) is -2.74. The van der Waals surface area contributed by atoms with Gasteiger partial charge in [-0.3, -0.25) is 4.79 Å². The molecule has 1 aliphatic rings. The molecule has 1 amide bonds. The van der Waals surface area contributed by atoms with E-state index in [0.717, 1.165) is 24.3 Å². The van der Waals surface area contributed by atoms with Gasteiger partial charge in [-0.2, -0.15) is 13.2 Å². The van der Waals surface area contributed by atoms with Gasteiger partial charge in [0.25, 0.3) is 0 Å². The SMILES string of the molecule is CC1(C)CCC(CCc2ccc(-c3cccc(C(N)=O)c3)c(F)c2)CC1.O=C(O)C(F)(F)F. The number of amides is 1. The molecule has 180 valence electrons. The van der Waals surface area contributed by atoms with E-state index < -0.39 is 18.1 Å². The summed E-state index contributed by atoms with van der Waals surface area (Å²) in [6, 6.07) is 12.3. The maximum atomic E-state index is 14.6. The van der Waals surface area contributed by atoms with Gasteiger partial charge in [-0.05, 0) is 79.2 Å². The zero-order valence-electron chi connectivity index (χ0n) is 18.7. The zero-order chi connectivity index (χ0) is 24.8. The Kier molecular flexibility index (Phi) is 8.63. The number of hydrogen-bond acceptors (Lipinski definition) is 2. The van der Waals surface area contributed by atoms with Crippen LogP contribution in [0.3, 0.4) is 0 Å². The largest absolute Gasteiger partial charge is 0.490 e. The lowest BCUT2D eigenvalue weighted by Crippen LogP contribution is -2.21. The molecule has 3 rings (SSSR count). The summed E-state index contributed by atoms with van der Waals surface area (Å²) in [4.78, 5) is 20.2. The van der Waals surface area contributed by atoms with E-state index in [1.807, 2.05) is 12.1 Å². The summed E-state index contributed by atoms with van der Waals surface area (Å²) < 4.78 is 46.4. The molecule has 0 heterocycles. The number of aryl methyl sites for hydroxylation is 1. The smallest absolute Gasteiger partial charge is 0.475 e. The van der Waals surface area contributed by atoms with Crippen LogP contribution in [0.5, 0.6) is 0 Å². The number of nitrogens with two attached hydrogens (primary N) is 1. The van der Waals surface area contributed by atoms with Crippen molar-refractivity contribution in [2.75, 3.05) is 0 Å². The molecule has 0 unspecified atom stereocenters. The van der Waals surface area contributed by atoms with Crippen molar-refractivity contribution in [1.82, 2.24) is 0 Å². The van der Waals surface area contributed by atoms with Crippen molar-refractivity contribution in [3.63, 3.8) is 0 Å².